The second kappa shape index (κ2) is 4.79. The molecular formula is C13H16N4O2. The molecule has 0 atom stereocenters. The van der Waals surface area contributed by atoms with Crippen LogP contribution in [0, 0.1) is 0 Å². The molecule has 0 unspecified atom stereocenters. The minimum atomic E-state index is 0.446. The number of nitrogens with zero attached hydrogens (tertiary/aromatic N) is 3. The molecule has 0 amide bonds. The first-order valence-corrected chi connectivity index (χ1v) is 6.30. The molecule has 0 spiro atoms. The number of anilines is 2. The molecule has 1 aliphatic rings. The minimum Gasteiger partial charge on any atom is -0.497 e. The maximum Gasteiger partial charge on any atom is 0.266 e. The third-order valence-corrected chi connectivity index (χ3v) is 3.29. The van der Waals surface area contributed by atoms with Crippen molar-refractivity contribution in [3.8, 4) is 17.2 Å². The topological polar surface area (TPSA) is 77.4 Å². The SMILES string of the molecule is COc1ccc(-c2nc(N3CCCC3)no2)c(N)c1. The number of rotatable bonds is 3. The van der Waals surface area contributed by atoms with Crippen molar-refractivity contribution in [2.24, 2.45) is 0 Å². The number of benzene rings is 1. The summed E-state index contributed by atoms with van der Waals surface area (Å²) in [5.74, 6) is 1.80. The summed E-state index contributed by atoms with van der Waals surface area (Å²) < 4.78 is 10.4. The van der Waals surface area contributed by atoms with Crippen molar-refractivity contribution < 1.29 is 9.26 Å². The number of hydrogen-bond donors (Lipinski definition) is 1. The van der Waals surface area contributed by atoms with Crippen LogP contribution in [0.25, 0.3) is 11.5 Å². The third kappa shape index (κ3) is 2.21. The molecule has 1 aromatic heterocycles. The Morgan fingerprint density at radius 2 is 2.11 bits per heavy atom. The Morgan fingerprint density at radius 3 is 2.79 bits per heavy atom. The number of ether oxygens (including phenoxy) is 1. The zero-order valence-electron chi connectivity index (χ0n) is 10.8. The van der Waals surface area contributed by atoms with Crippen LogP contribution in [0.1, 0.15) is 12.8 Å². The van der Waals surface area contributed by atoms with Crippen LogP contribution < -0.4 is 15.4 Å². The molecule has 0 radical (unpaired) electrons. The quantitative estimate of drug-likeness (QED) is 0.850. The van der Waals surface area contributed by atoms with Crippen molar-refractivity contribution in [2.45, 2.75) is 12.8 Å². The zero-order valence-corrected chi connectivity index (χ0v) is 10.8. The van der Waals surface area contributed by atoms with Crippen molar-refractivity contribution >= 4 is 11.6 Å². The van der Waals surface area contributed by atoms with Crippen LogP contribution in [-0.2, 0) is 0 Å². The minimum absolute atomic E-state index is 0.446. The van der Waals surface area contributed by atoms with Crippen LogP contribution in [0.5, 0.6) is 5.75 Å². The highest BCUT2D eigenvalue weighted by Gasteiger charge is 2.19. The molecule has 19 heavy (non-hydrogen) atoms. The van der Waals surface area contributed by atoms with Crippen molar-refractivity contribution in [1.82, 2.24) is 10.1 Å². The zero-order chi connectivity index (χ0) is 13.2. The Morgan fingerprint density at radius 1 is 1.32 bits per heavy atom. The highest BCUT2D eigenvalue weighted by Crippen LogP contribution is 2.29. The molecular weight excluding hydrogens is 244 g/mol. The van der Waals surface area contributed by atoms with E-state index in [1.54, 1.807) is 13.2 Å². The molecule has 100 valence electrons. The number of nitrogens with two attached hydrogens (primary N) is 1. The Hall–Kier alpha value is -2.24. The first-order valence-electron chi connectivity index (χ1n) is 6.30. The van der Waals surface area contributed by atoms with E-state index in [9.17, 15) is 0 Å². The Bertz CT molecular complexity index is 576. The second-order valence-corrected chi connectivity index (χ2v) is 4.55. The lowest BCUT2D eigenvalue weighted by molar-refractivity contribution is 0.414. The summed E-state index contributed by atoms with van der Waals surface area (Å²) >= 11 is 0. The van der Waals surface area contributed by atoms with Gasteiger partial charge >= 0.3 is 0 Å². The molecule has 2 heterocycles. The normalized spacial score (nSPS) is 14.9. The van der Waals surface area contributed by atoms with Gasteiger partial charge < -0.3 is 19.9 Å². The lowest BCUT2D eigenvalue weighted by Gasteiger charge is -2.09. The lowest BCUT2D eigenvalue weighted by Crippen LogP contribution is -2.18. The Kier molecular flexibility index (Phi) is 2.98. The summed E-state index contributed by atoms with van der Waals surface area (Å²) in [6.45, 7) is 1.97. The summed E-state index contributed by atoms with van der Waals surface area (Å²) in [7, 11) is 1.60. The first kappa shape index (κ1) is 11.8. The summed E-state index contributed by atoms with van der Waals surface area (Å²) in [5, 5.41) is 4.01. The van der Waals surface area contributed by atoms with E-state index >= 15 is 0 Å². The van der Waals surface area contributed by atoms with E-state index in [0.717, 1.165) is 18.7 Å². The third-order valence-electron chi connectivity index (χ3n) is 3.29. The maximum atomic E-state index is 5.97. The first-order chi connectivity index (χ1) is 9.28. The summed E-state index contributed by atoms with van der Waals surface area (Å²) in [4.78, 5) is 6.52. The standard InChI is InChI=1S/C13H16N4O2/c1-18-9-4-5-10(11(14)8-9)12-15-13(16-19-12)17-6-2-3-7-17/h4-5,8H,2-3,6-7,14H2,1H3. The van der Waals surface area contributed by atoms with Gasteiger partial charge in [-0.15, -0.1) is 0 Å². The molecule has 2 aromatic rings. The van der Waals surface area contributed by atoms with Gasteiger partial charge in [0.15, 0.2) is 0 Å². The van der Waals surface area contributed by atoms with Gasteiger partial charge in [-0.05, 0) is 30.1 Å². The van der Waals surface area contributed by atoms with E-state index in [1.807, 2.05) is 12.1 Å². The molecule has 6 heteroatoms. The average Bonchev–Trinajstić information content (AvgIpc) is 3.09. The molecule has 1 saturated heterocycles. The predicted octanol–water partition coefficient (Wildman–Crippen LogP) is 1.93. The van der Waals surface area contributed by atoms with E-state index in [1.165, 1.54) is 12.8 Å². The average molecular weight is 260 g/mol. The van der Waals surface area contributed by atoms with Gasteiger partial charge in [0.25, 0.3) is 11.8 Å². The molecule has 0 saturated carbocycles. The summed E-state index contributed by atoms with van der Waals surface area (Å²) in [5.41, 5.74) is 7.27. The fourth-order valence-electron chi connectivity index (χ4n) is 2.23. The molecule has 0 bridgehead atoms. The summed E-state index contributed by atoms with van der Waals surface area (Å²) in [6, 6.07) is 5.40. The van der Waals surface area contributed by atoms with Crippen LogP contribution in [0.3, 0.4) is 0 Å². The van der Waals surface area contributed by atoms with E-state index in [0.29, 0.717) is 23.3 Å². The number of nitrogen functional groups attached to an aromatic ring is 1. The Balaban J connectivity index is 1.89. The second-order valence-electron chi connectivity index (χ2n) is 4.55. The van der Waals surface area contributed by atoms with E-state index in [-0.39, 0.29) is 0 Å². The fraction of sp³-hybridized carbons (Fsp3) is 0.385. The lowest BCUT2D eigenvalue weighted by atomic mass is 10.2. The largest absolute Gasteiger partial charge is 0.497 e. The van der Waals surface area contributed by atoms with Gasteiger partial charge in [-0.25, -0.2) is 0 Å². The van der Waals surface area contributed by atoms with Crippen molar-refractivity contribution in [3.05, 3.63) is 18.2 Å². The predicted molar refractivity (Wildman–Crippen MR) is 72.1 cm³/mol. The van der Waals surface area contributed by atoms with E-state index in [2.05, 4.69) is 15.0 Å². The van der Waals surface area contributed by atoms with Gasteiger partial charge in [0.1, 0.15) is 5.75 Å². The molecule has 1 aromatic carbocycles. The number of methoxy groups -OCH3 is 1. The molecule has 1 fully saturated rings. The van der Waals surface area contributed by atoms with Crippen molar-refractivity contribution in [2.75, 3.05) is 30.8 Å². The highest BCUT2D eigenvalue weighted by atomic mass is 16.5. The van der Waals surface area contributed by atoms with Gasteiger partial charge in [0.05, 0.1) is 12.7 Å². The Labute approximate surface area is 111 Å². The van der Waals surface area contributed by atoms with E-state index < -0.39 is 0 Å². The molecule has 6 nitrogen and oxygen atoms in total. The van der Waals surface area contributed by atoms with Gasteiger partial charge in [0, 0.05) is 24.8 Å². The van der Waals surface area contributed by atoms with Crippen LogP contribution >= 0.6 is 0 Å². The van der Waals surface area contributed by atoms with Gasteiger partial charge in [-0.3, -0.25) is 0 Å². The van der Waals surface area contributed by atoms with Crippen LogP contribution in [0.15, 0.2) is 22.7 Å². The van der Waals surface area contributed by atoms with Crippen LogP contribution in [0.2, 0.25) is 0 Å². The maximum absolute atomic E-state index is 5.97. The molecule has 2 N–H and O–H groups in total. The van der Waals surface area contributed by atoms with Crippen LogP contribution in [-0.4, -0.2) is 30.3 Å². The van der Waals surface area contributed by atoms with Crippen molar-refractivity contribution in [3.63, 3.8) is 0 Å². The molecule has 0 aliphatic carbocycles. The van der Waals surface area contributed by atoms with Gasteiger partial charge in [0.2, 0.25) is 0 Å². The highest BCUT2D eigenvalue weighted by molar-refractivity contribution is 5.72. The monoisotopic (exact) mass is 260 g/mol. The smallest absolute Gasteiger partial charge is 0.266 e. The summed E-state index contributed by atoms with van der Waals surface area (Å²) in [6.07, 6.45) is 2.35. The van der Waals surface area contributed by atoms with Gasteiger partial charge in [-0.2, -0.15) is 4.98 Å². The number of hydrogen-bond acceptors (Lipinski definition) is 6. The number of aromatic nitrogens is 2. The van der Waals surface area contributed by atoms with Gasteiger partial charge in [-0.1, -0.05) is 0 Å². The molecule has 3 rings (SSSR count). The van der Waals surface area contributed by atoms with Crippen LogP contribution in [0.4, 0.5) is 11.6 Å². The fourth-order valence-corrected chi connectivity index (χ4v) is 2.23. The van der Waals surface area contributed by atoms with E-state index in [4.69, 9.17) is 15.0 Å². The van der Waals surface area contributed by atoms with Crippen molar-refractivity contribution in [1.29, 1.82) is 0 Å². The molecule has 1 aliphatic heterocycles.